The first-order valence-corrected chi connectivity index (χ1v) is 8.06. The maximum atomic E-state index is 4.54. The Kier molecular flexibility index (Phi) is 4.68. The zero-order valence-electron chi connectivity index (χ0n) is 13.4. The van der Waals surface area contributed by atoms with Crippen LogP contribution in [-0.4, -0.2) is 21.3 Å². The minimum absolute atomic E-state index is 0.784. The lowest BCUT2D eigenvalue weighted by Gasteiger charge is -2.18. The summed E-state index contributed by atoms with van der Waals surface area (Å²) in [6, 6.07) is 6.24. The lowest BCUT2D eigenvalue weighted by atomic mass is 9.94. The Balaban J connectivity index is 1.55. The normalized spacial score (nSPS) is 17.8. The molecule has 4 nitrogen and oxygen atoms in total. The molecule has 22 heavy (non-hydrogen) atoms. The molecule has 116 valence electrons. The van der Waals surface area contributed by atoms with Crippen LogP contribution in [0.2, 0.25) is 0 Å². The second kappa shape index (κ2) is 6.88. The van der Waals surface area contributed by atoms with Gasteiger partial charge < -0.3 is 5.32 Å². The molecular weight excluding hydrogens is 272 g/mol. The van der Waals surface area contributed by atoms with Gasteiger partial charge in [0.25, 0.3) is 0 Å². The molecule has 1 unspecified atom stereocenters. The van der Waals surface area contributed by atoms with Crippen LogP contribution in [0.4, 0.5) is 0 Å². The molecule has 2 aromatic heterocycles. The van der Waals surface area contributed by atoms with Gasteiger partial charge >= 0.3 is 0 Å². The fourth-order valence-corrected chi connectivity index (χ4v) is 2.97. The highest BCUT2D eigenvalue weighted by molar-refractivity contribution is 5.27. The standard InChI is InChI=1S/C18H24N4/c1-14-10-15(2)22(21-14)18-9-8-17(13-20-18)12-19-11-16-6-4-3-5-7-16/h3-4,8-10,13,16,19H,5-7,11-12H2,1-2H3. The molecule has 2 aromatic rings. The smallest absolute Gasteiger partial charge is 0.153 e. The van der Waals surface area contributed by atoms with E-state index in [1.807, 2.05) is 23.9 Å². The molecule has 0 bridgehead atoms. The molecule has 0 saturated carbocycles. The van der Waals surface area contributed by atoms with Gasteiger partial charge in [-0.25, -0.2) is 9.67 Å². The molecular formula is C18H24N4. The van der Waals surface area contributed by atoms with Crippen LogP contribution < -0.4 is 5.32 Å². The molecule has 0 aliphatic heterocycles. The van der Waals surface area contributed by atoms with Gasteiger partial charge in [-0.05, 0) is 63.3 Å². The monoisotopic (exact) mass is 296 g/mol. The Hall–Kier alpha value is -1.94. The van der Waals surface area contributed by atoms with Crippen LogP contribution in [0.3, 0.4) is 0 Å². The minimum Gasteiger partial charge on any atom is -0.312 e. The van der Waals surface area contributed by atoms with Gasteiger partial charge in [0.1, 0.15) is 0 Å². The molecule has 0 radical (unpaired) electrons. The summed E-state index contributed by atoms with van der Waals surface area (Å²) in [7, 11) is 0. The average Bonchev–Trinajstić information content (AvgIpc) is 2.88. The first-order chi connectivity index (χ1) is 10.7. The molecule has 4 heteroatoms. The minimum atomic E-state index is 0.784. The number of allylic oxidation sites excluding steroid dienone is 2. The molecule has 0 spiro atoms. The van der Waals surface area contributed by atoms with E-state index < -0.39 is 0 Å². The van der Waals surface area contributed by atoms with Crippen molar-refractivity contribution in [1.29, 1.82) is 0 Å². The molecule has 2 heterocycles. The van der Waals surface area contributed by atoms with Crippen molar-refractivity contribution in [2.24, 2.45) is 5.92 Å². The number of nitrogens with zero attached hydrogens (tertiary/aromatic N) is 3. The summed E-state index contributed by atoms with van der Waals surface area (Å²) < 4.78 is 1.89. The summed E-state index contributed by atoms with van der Waals surface area (Å²) in [6.45, 7) is 6.02. The zero-order chi connectivity index (χ0) is 15.4. The molecule has 1 aliphatic rings. The van der Waals surface area contributed by atoms with E-state index >= 15 is 0 Å². The van der Waals surface area contributed by atoms with Crippen LogP contribution in [0, 0.1) is 19.8 Å². The Morgan fingerprint density at radius 1 is 1.27 bits per heavy atom. The van der Waals surface area contributed by atoms with E-state index in [-0.39, 0.29) is 0 Å². The maximum absolute atomic E-state index is 4.54. The first kappa shape index (κ1) is 15.0. The highest BCUT2D eigenvalue weighted by atomic mass is 15.3. The van der Waals surface area contributed by atoms with Gasteiger partial charge in [-0.15, -0.1) is 0 Å². The zero-order valence-corrected chi connectivity index (χ0v) is 13.4. The topological polar surface area (TPSA) is 42.7 Å². The van der Waals surface area contributed by atoms with Crippen molar-refractivity contribution in [2.45, 2.75) is 39.7 Å². The molecule has 0 saturated heterocycles. The summed E-state index contributed by atoms with van der Waals surface area (Å²) in [5.41, 5.74) is 3.35. The number of hydrogen-bond acceptors (Lipinski definition) is 3. The lowest BCUT2D eigenvalue weighted by molar-refractivity contribution is 0.440. The predicted octanol–water partition coefficient (Wildman–Crippen LogP) is 3.33. The molecule has 0 aromatic carbocycles. The van der Waals surface area contributed by atoms with Gasteiger partial charge in [-0.2, -0.15) is 5.10 Å². The Morgan fingerprint density at radius 3 is 2.82 bits per heavy atom. The number of nitrogens with one attached hydrogen (secondary N) is 1. The van der Waals surface area contributed by atoms with Gasteiger partial charge in [0.2, 0.25) is 0 Å². The molecule has 1 N–H and O–H groups in total. The van der Waals surface area contributed by atoms with Crippen molar-refractivity contribution in [1.82, 2.24) is 20.1 Å². The van der Waals surface area contributed by atoms with E-state index in [4.69, 9.17) is 0 Å². The number of rotatable bonds is 5. The number of pyridine rings is 1. The second-order valence-electron chi connectivity index (χ2n) is 6.14. The Bertz CT molecular complexity index is 640. The Morgan fingerprint density at radius 2 is 2.18 bits per heavy atom. The van der Waals surface area contributed by atoms with Gasteiger partial charge in [-0.1, -0.05) is 18.2 Å². The van der Waals surface area contributed by atoms with Crippen LogP contribution in [0.25, 0.3) is 5.82 Å². The largest absolute Gasteiger partial charge is 0.312 e. The van der Waals surface area contributed by atoms with Crippen LogP contribution in [0.5, 0.6) is 0 Å². The van der Waals surface area contributed by atoms with Crippen molar-refractivity contribution < 1.29 is 0 Å². The maximum Gasteiger partial charge on any atom is 0.153 e. The highest BCUT2D eigenvalue weighted by Gasteiger charge is 2.09. The number of aryl methyl sites for hydroxylation is 2. The second-order valence-corrected chi connectivity index (χ2v) is 6.14. The van der Waals surface area contributed by atoms with Gasteiger partial charge in [0.15, 0.2) is 5.82 Å². The van der Waals surface area contributed by atoms with Crippen molar-refractivity contribution in [3.05, 3.63) is 53.5 Å². The van der Waals surface area contributed by atoms with Crippen molar-refractivity contribution >= 4 is 0 Å². The van der Waals surface area contributed by atoms with Gasteiger partial charge in [0.05, 0.1) is 5.69 Å². The third-order valence-corrected chi connectivity index (χ3v) is 4.18. The summed E-state index contributed by atoms with van der Waals surface area (Å²) in [5.74, 6) is 1.67. The van der Waals surface area contributed by atoms with Crippen LogP contribution in [0.1, 0.15) is 36.2 Å². The van der Waals surface area contributed by atoms with Crippen LogP contribution >= 0.6 is 0 Å². The van der Waals surface area contributed by atoms with E-state index in [0.717, 1.165) is 36.2 Å². The summed E-state index contributed by atoms with van der Waals surface area (Å²) in [5, 5.41) is 8.02. The third-order valence-electron chi connectivity index (χ3n) is 4.18. The molecule has 3 rings (SSSR count). The van der Waals surface area contributed by atoms with Crippen LogP contribution in [-0.2, 0) is 6.54 Å². The SMILES string of the molecule is Cc1cc(C)n(-c2ccc(CNCC3CC=CCC3)cn2)n1. The van der Waals surface area contributed by atoms with Gasteiger partial charge in [0, 0.05) is 18.4 Å². The fraction of sp³-hybridized carbons (Fsp3) is 0.444. The van der Waals surface area contributed by atoms with Crippen molar-refractivity contribution in [2.75, 3.05) is 6.54 Å². The molecule has 0 amide bonds. The quantitative estimate of drug-likeness (QED) is 0.861. The summed E-state index contributed by atoms with van der Waals surface area (Å²) in [6.07, 6.45) is 10.3. The van der Waals surface area contributed by atoms with E-state index in [1.54, 1.807) is 0 Å². The van der Waals surface area contributed by atoms with Crippen LogP contribution in [0.15, 0.2) is 36.5 Å². The number of aromatic nitrogens is 3. The highest BCUT2D eigenvalue weighted by Crippen LogP contribution is 2.17. The van der Waals surface area contributed by atoms with E-state index in [2.05, 4.69) is 46.6 Å². The predicted molar refractivity (Wildman–Crippen MR) is 89.0 cm³/mol. The summed E-state index contributed by atoms with van der Waals surface area (Å²) in [4.78, 5) is 4.54. The summed E-state index contributed by atoms with van der Waals surface area (Å²) >= 11 is 0. The van der Waals surface area contributed by atoms with E-state index in [1.165, 1.54) is 24.8 Å². The van der Waals surface area contributed by atoms with Crippen molar-refractivity contribution in [3.8, 4) is 5.82 Å². The lowest BCUT2D eigenvalue weighted by Crippen LogP contribution is -2.23. The fourth-order valence-electron chi connectivity index (χ4n) is 2.97. The van der Waals surface area contributed by atoms with E-state index in [9.17, 15) is 0 Å². The van der Waals surface area contributed by atoms with E-state index in [0.29, 0.717) is 0 Å². The Labute approximate surface area is 132 Å². The third kappa shape index (κ3) is 3.63. The molecule has 1 aliphatic carbocycles. The molecule has 1 atom stereocenters. The van der Waals surface area contributed by atoms with Gasteiger partial charge in [-0.3, -0.25) is 0 Å². The number of hydrogen-bond donors (Lipinski definition) is 1. The molecule has 0 fully saturated rings. The van der Waals surface area contributed by atoms with Crippen molar-refractivity contribution in [3.63, 3.8) is 0 Å². The first-order valence-electron chi connectivity index (χ1n) is 8.06. The average molecular weight is 296 g/mol.